The van der Waals surface area contributed by atoms with Crippen molar-refractivity contribution in [2.75, 3.05) is 0 Å². The highest BCUT2D eigenvalue weighted by molar-refractivity contribution is 9.10. The van der Waals surface area contributed by atoms with Crippen molar-refractivity contribution in [1.82, 2.24) is 15.8 Å². The van der Waals surface area contributed by atoms with E-state index in [2.05, 4.69) is 31.8 Å². The second-order valence-electron chi connectivity index (χ2n) is 5.02. The van der Waals surface area contributed by atoms with Crippen LogP contribution >= 0.6 is 15.9 Å². The maximum Gasteiger partial charge on any atom is 0.286 e. The topological polar surface area (TPSA) is 100 Å². The van der Waals surface area contributed by atoms with Crippen LogP contribution in [0.3, 0.4) is 0 Å². The van der Waals surface area contributed by atoms with Gasteiger partial charge in [0.25, 0.3) is 11.8 Å². The second-order valence-corrected chi connectivity index (χ2v) is 5.93. The fourth-order valence-corrected chi connectivity index (χ4v) is 2.19. The minimum atomic E-state index is -0.809. The molecule has 1 heterocycles. The van der Waals surface area contributed by atoms with Gasteiger partial charge in [0.1, 0.15) is 11.4 Å². The number of H-pyrrole nitrogens is 1. The Morgan fingerprint density at radius 3 is 2.58 bits per heavy atom. The first-order valence-electron chi connectivity index (χ1n) is 7.08. The molecule has 0 spiro atoms. The van der Waals surface area contributed by atoms with E-state index in [-0.39, 0.29) is 11.5 Å². The molecule has 0 fully saturated rings. The van der Waals surface area contributed by atoms with Gasteiger partial charge in [0, 0.05) is 16.2 Å². The van der Waals surface area contributed by atoms with Crippen LogP contribution in [-0.4, -0.2) is 28.7 Å². The highest BCUT2D eigenvalue weighted by Gasteiger charge is 2.17. The molecule has 0 aliphatic carbocycles. The van der Waals surface area contributed by atoms with Crippen LogP contribution in [-0.2, 0) is 4.79 Å². The van der Waals surface area contributed by atoms with Crippen LogP contribution in [0.25, 0.3) is 0 Å². The third kappa shape index (κ3) is 4.69. The summed E-state index contributed by atoms with van der Waals surface area (Å²) in [7, 11) is 0. The number of benzene rings is 1. The Hall–Kier alpha value is -2.61. The molecule has 3 N–H and O–H groups in total. The van der Waals surface area contributed by atoms with E-state index in [1.165, 1.54) is 19.2 Å². The number of carbonyl (C=O) groups is 3. The second kappa shape index (κ2) is 7.78. The summed E-state index contributed by atoms with van der Waals surface area (Å²) in [6.07, 6.45) is 0.619. The summed E-state index contributed by atoms with van der Waals surface area (Å²) in [6, 6.07) is 8.47. The molecule has 0 saturated heterocycles. The van der Waals surface area contributed by atoms with Crippen LogP contribution in [0.15, 0.2) is 41.0 Å². The predicted octanol–water partition coefficient (Wildman–Crippen LogP) is 2.21. The van der Waals surface area contributed by atoms with Crippen molar-refractivity contribution in [3.63, 3.8) is 0 Å². The zero-order valence-corrected chi connectivity index (χ0v) is 14.6. The van der Waals surface area contributed by atoms with Crippen LogP contribution in [0.1, 0.15) is 34.7 Å². The van der Waals surface area contributed by atoms with Crippen molar-refractivity contribution in [1.29, 1.82) is 0 Å². The molecule has 1 aromatic carbocycles. The summed E-state index contributed by atoms with van der Waals surface area (Å²) >= 11 is 3.31. The third-order valence-corrected chi connectivity index (χ3v) is 3.60. The van der Waals surface area contributed by atoms with E-state index in [9.17, 15) is 14.4 Å². The number of amides is 2. The van der Waals surface area contributed by atoms with Crippen LogP contribution in [0.5, 0.6) is 5.75 Å². The first-order chi connectivity index (χ1) is 11.4. The summed E-state index contributed by atoms with van der Waals surface area (Å²) in [5, 5.41) is 0. The molecule has 24 heavy (non-hydrogen) atoms. The van der Waals surface area contributed by atoms with E-state index in [0.717, 1.165) is 4.47 Å². The first-order valence-corrected chi connectivity index (χ1v) is 7.88. The average Bonchev–Trinajstić information content (AvgIpc) is 3.02. The third-order valence-electron chi connectivity index (χ3n) is 3.11. The Morgan fingerprint density at radius 1 is 1.21 bits per heavy atom. The SMILES string of the molecule is CC(=O)c1c[nH]c(C(=O)NNC(=O)[C@@H](C)Oc2cccc(Br)c2)c1. The molecule has 0 radical (unpaired) electrons. The fourth-order valence-electron chi connectivity index (χ4n) is 1.81. The van der Waals surface area contributed by atoms with Crippen molar-refractivity contribution in [2.45, 2.75) is 20.0 Å². The van der Waals surface area contributed by atoms with Crippen LogP contribution in [0.2, 0.25) is 0 Å². The first kappa shape index (κ1) is 17.7. The molecule has 2 aromatic rings. The maximum atomic E-state index is 12.0. The molecule has 7 nitrogen and oxygen atoms in total. The molecule has 2 rings (SSSR count). The summed E-state index contributed by atoms with van der Waals surface area (Å²) in [6.45, 7) is 2.96. The minimum Gasteiger partial charge on any atom is -0.481 e. The van der Waals surface area contributed by atoms with E-state index < -0.39 is 17.9 Å². The maximum absolute atomic E-state index is 12.0. The van der Waals surface area contributed by atoms with Gasteiger partial charge in [-0.2, -0.15) is 0 Å². The fraction of sp³-hybridized carbons (Fsp3) is 0.188. The number of ketones is 1. The molecule has 2 amide bonds. The number of hydrogen-bond acceptors (Lipinski definition) is 4. The van der Waals surface area contributed by atoms with Crippen molar-refractivity contribution in [3.05, 3.63) is 52.3 Å². The van der Waals surface area contributed by atoms with Crippen LogP contribution in [0.4, 0.5) is 0 Å². The van der Waals surface area contributed by atoms with Crippen LogP contribution in [0, 0.1) is 0 Å². The Bertz CT molecular complexity index is 772. The summed E-state index contributed by atoms with van der Waals surface area (Å²) in [4.78, 5) is 37.7. The number of halogens is 1. The molecule has 0 unspecified atom stereocenters. The highest BCUT2D eigenvalue weighted by Crippen LogP contribution is 2.18. The minimum absolute atomic E-state index is 0.162. The van der Waals surface area contributed by atoms with Crippen molar-refractivity contribution in [3.8, 4) is 5.75 Å². The smallest absolute Gasteiger partial charge is 0.286 e. The van der Waals surface area contributed by atoms with Gasteiger partial charge < -0.3 is 9.72 Å². The number of hydrazine groups is 1. The normalized spacial score (nSPS) is 11.5. The van der Waals surface area contributed by atoms with Crippen LogP contribution < -0.4 is 15.6 Å². The lowest BCUT2D eigenvalue weighted by molar-refractivity contribution is -0.128. The van der Waals surface area contributed by atoms with Gasteiger partial charge in [-0.25, -0.2) is 0 Å². The monoisotopic (exact) mass is 393 g/mol. The summed E-state index contributed by atoms with van der Waals surface area (Å²) in [5.41, 5.74) is 5.09. The van der Waals surface area contributed by atoms with Gasteiger partial charge in [0.05, 0.1) is 0 Å². The number of carbonyl (C=O) groups excluding carboxylic acids is 3. The molecular formula is C16H16BrN3O4. The molecule has 0 saturated carbocycles. The van der Waals surface area contributed by atoms with Crippen molar-refractivity contribution in [2.24, 2.45) is 0 Å². The zero-order chi connectivity index (χ0) is 17.7. The molecule has 0 aliphatic rings. The molecular weight excluding hydrogens is 378 g/mol. The molecule has 1 aromatic heterocycles. The van der Waals surface area contributed by atoms with Crippen molar-refractivity contribution < 1.29 is 19.1 Å². The van der Waals surface area contributed by atoms with Gasteiger partial charge in [-0.3, -0.25) is 25.2 Å². The lowest BCUT2D eigenvalue weighted by atomic mass is 10.2. The highest BCUT2D eigenvalue weighted by atomic mass is 79.9. The number of ether oxygens (including phenoxy) is 1. The lowest BCUT2D eigenvalue weighted by Crippen LogP contribution is -2.47. The number of Topliss-reactive ketones (excluding diaryl/α,β-unsaturated/α-hetero) is 1. The standard InChI is InChI=1S/C16H16BrN3O4/c1-9(21)11-6-14(18-8-11)16(23)20-19-15(22)10(2)24-13-5-3-4-12(17)7-13/h3-8,10,18H,1-2H3,(H,19,22)(H,20,23)/t10-/m1/s1. The Morgan fingerprint density at radius 2 is 1.96 bits per heavy atom. The van der Waals surface area contributed by atoms with Crippen molar-refractivity contribution >= 4 is 33.5 Å². The van der Waals surface area contributed by atoms with Gasteiger partial charge in [-0.1, -0.05) is 22.0 Å². The predicted molar refractivity (Wildman–Crippen MR) is 90.6 cm³/mol. The Kier molecular flexibility index (Phi) is 5.75. The molecule has 8 heteroatoms. The van der Waals surface area contributed by atoms with Gasteiger partial charge in [0.15, 0.2) is 11.9 Å². The number of nitrogens with one attached hydrogen (secondary N) is 3. The van der Waals surface area contributed by atoms with E-state index in [1.807, 2.05) is 6.07 Å². The molecule has 126 valence electrons. The lowest BCUT2D eigenvalue weighted by Gasteiger charge is -2.15. The largest absolute Gasteiger partial charge is 0.481 e. The molecule has 1 atom stereocenters. The van der Waals surface area contributed by atoms with Gasteiger partial charge in [0.2, 0.25) is 0 Å². The Labute approximate surface area is 146 Å². The van der Waals surface area contributed by atoms with E-state index >= 15 is 0 Å². The quantitative estimate of drug-likeness (QED) is 0.535. The Balaban J connectivity index is 1.87. The van der Waals surface area contributed by atoms with E-state index in [4.69, 9.17) is 4.74 Å². The average molecular weight is 394 g/mol. The summed E-state index contributed by atoms with van der Waals surface area (Å²) < 4.78 is 6.31. The molecule has 0 aliphatic heterocycles. The number of rotatable bonds is 5. The van der Waals surface area contributed by atoms with Gasteiger partial charge in [-0.05, 0) is 38.1 Å². The van der Waals surface area contributed by atoms with Gasteiger partial charge in [-0.15, -0.1) is 0 Å². The van der Waals surface area contributed by atoms with Gasteiger partial charge >= 0.3 is 0 Å². The van der Waals surface area contributed by atoms with E-state index in [0.29, 0.717) is 11.3 Å². The number of aromatic nitrogens is 1. The zero-order valence-electron chi connectivity index (χ0n) is 13.1. The molecule has 0 bridgehead atoms. The number of aromatic amines is 1. The summed E-state index contributed by atoms with van der Waals surface area (Å²) in [5.74, 6) is -0.716. The number of hydrogen-bond donors (Lipinski definition) is 3. The van der Waals surface area contributed by atoms with E-state index in [1.54, 1.807) is 25.1 Å².